The molecule has 3 aromatic carbocycles. The van der Waals surface area contributed by atoms with Crippen LogP contribution < -0.4 is 4.74 Å². The number of hydrogen-bond acceptors (Lipinski definition) is 10. The van der Waals surface area contributed by atoms with E-state index in [0.29, 0.717) is 0 Å². The third-order valence-corrected chi connectivity index (χ3v) is 5.82. The lowest BCUT2D eigenvalue weighted by Crippen LogP contribution is -1.98. The zero-order valence-corrected chi connectivity index (χ0v) is 18.4. The van der Waals surface area contributed by atoms with Crippen molar-refractivity contribution in [3.63, 3.8) is 0 Å². The van der Waals surface area contributed by atoms with Crippen LogP contribution in [-0.2, 0) is 20.2 Å². The van der Waals surface area contributed by atoms with Crippen molar-refractivity contribution in [2.75, 3.05) is 7.11 Å². The minimum absolute atomic E-state index is 0.0479. The molecule has 0 amide bonds. The first-order valence-electron chi connectivity index (χ1n) is 8.87. The predicted octanol–water partition coefficient (Wildman–Crippen LogP) is 4.73. The maximum absolute atomic E-state index is 11.8. The van der Waals surface area contributed by atoms with Crippen molar-refractivity contribution >= 4 is 43.0 Å². The van der Waals surface area contributed by atoms with E-state index in [1.54, 1.807) is 0 Å². The number of hydrogen-bond donors (Lipinski definition) is 3. The molecule has 0 atom stereocenters. The Morgan fingerprint density at radius 2 is 1.24 bits per heavy atom. The molecule has 14 heteroatoms. The fourth-order valence-electron chi connectivity index (χ4n) is 2.49. The van der Waals surface area contributed by atoms with Gasteiger partial charge in [0, 0.05) is 6.07 Å². The van der Waals surface area contributed by atoms with Gasteiger partial charge >= 0.3 is 0 Å². The maximum atomic E-state index is 11.8. The Morgan fingerprint density at radius 1 is 0.697 bits per heavy atom. The normalized spacial score (nSPS) is 12.5. The van der Waals surface area contributed by atoms with Gasteiger partial charge in [0.2, 0.25) is 0 Å². The molecule has 12 nitrogen and oxygen atoms in total. The molecular formula is C19H16N4O8S2. The Balaban J connectivity index is 1.90. The molecule has 3 aromatic rings. The van der Waals surface area contributed by atoms with E-state index in [0.717, 1.165) is 18.2 Å². The van der Waals surface area contributed by atoms with Crippen LogP contribution in [0.3, 0.4) is 0 Å². The summed E-state index contributed by atoms with van der Waals surface area (Å²) in [7, 11) is -7.70. The summed E-state index contributed by atoms with van der Waals surface area (Å²) in [6.07, 6.45) is 0. The van der Waals surface area contributed by atoms with E-state index in [4.69, 9.17) is 9.29 Å². The molecule has 3 rings (SSSR count). The molecule has 172 valence electrons. The summed E-state index contributed by atoms with van der Waals surface area (Å²) in [4.78, 5) is -0.897. The van der Waals surface area contributed by atoms with Crippen molar-refractivity contribution in [1.82, 2.24) is 0 Å². The second-order valence-electron chi connectivity index (χ2n) is 6.35. The Morgan fingerprint density at radius 3 is 1.85 bits per heavy atom. The first kappa shape index (κ1) is 23.9. The number of benzene rings is 3. The fourth-order valence-corrected chi connectivity index (χ4v) is 3.62. The molecule has 0 saturated carbocycles. The lowest BCUT2D eigenvalue weighted by Gasteiger charge is -2.04. The zero-order chi connectivity index (χ0) is 24.2. The molecule has 0 radical (unpaired) electrons. The molecule has 0 heterocycles. The lowest BCUT2D eigenvalue weighted by atomic mass is 10.3. The largest absolute Gasteiger partial charge is 0.504 e. The minimum atomic E-state index is -4.70. The van der Waals surface area contributed by atoms with Crippen LogP contribution in [0.4, 0.5) is 22.7 Å². The molecule has 0 bridgehead atoms. The Bertz CT molecular complexity index is 1450. The van der Waals surface area contributed by atoms with Gasteiger partial charge in [-0.2, -0.15) is 32.2 Å². The first-order chi connectivity index (χ1) is 15.5. The van der Waals surface area contributed by atoms with Crippen molar-refractivity contribution in [2.24, 2.45) is 20.5 Å². The van der Waals surface area contributed by atoms with Crippen LogP contribution in [0.15, 0.2) is 90.9 Å². The van der Waals surface area contributed by atoms with Gasteiger partial charge in [0.25, 0.3) is 20.2 Å². The van der Waals surface area contributed by atoms with E-state index in [-0.39, 0.29) is 39.1 Å². The average molecular weight is 492 g/mol. The van der Waals surface area contributed by atoms with Crippen LogP contribution in [0.5, 0.6) is 11.5 Å². The van der Waals surface area contributed by atoms with Gasteiger partial charge in [-0.3, -0.25) is 9.11 Å². The number of ether oxygens (including phenoxy) is 1. The average Bonchev–Trinajstić information content (AvgIpc) is 2.76. The highest BCUT2D eigenvalue weighted by molar-refractivity contribution is 7.86. The molecule has 0 saturated heterocycles. The number of phenols is 1. The van der Waals surface area contributed by atoms with E-state index in [9.17, 15) is 26.5 Å². The molecule has 0 aliphatic carbocycles. The van der Waals surface area contributed by atoms with Gasteiger partial charge in [-0.1, -0.05) is 0 Å². The topological polar surface area (TPSA) is 188 Å². The summed E-state index contributed by atoms with van der Waals surface area (Å²) >= 11 is 0. The summed E-state index contributed by atoms with van der Waals surface area (Å²) in [5.41, 5.74) is 0.344. The Hall–Kier alpha value is -3.72. The van der Waals surface area contributed by atoms with Crippen LogP contribution >= 0.6 is 0 Å². The molecule has 0 aliphatic heterocycles. The molecule has 0 aromatic heterocycles. The van der Waals surface area contributed by atoms with Crippen molar-refractivity contribution in [2.45, 2.75) is 9.79 Å². The quantitative estimate of drug-likeness (QED) is 0.312. The smallest absolute Gasteiger partial charge is 0.296 e. The van der Waals surface area contributed by atoms with Crippen LogP contribution in [0, 0.1) is 0 Å². The van der Waals surface area contributed by atoms with Crippen molar-refractivity contribution in [3.05, 3.63) is 60.7 Å². The number of aromatic hydroxyl groups is 1. The third-order valence-electron chi connectivity index (χ3n) is 4.07. The van der Waals surface area contributed by atoms with Crippen LogP contribution in [-0.4, -0.2) is 38.2 Å². The second-order valence-corrected chi connectivity index (χ2v) is 9.16. The van der Waals surface area contributed by atoms with E-state index in [2.05, 4.69) is 20.5 Å². The lowest BCUT2D eigenvalue weighted by molar-refractivity contribution is 0.373. The van der Waals surface area contributed by atoms with Gasteiger partial charge in [0.1, 0.15) is 10.6 Å². The first-order valence-corrected chi connectivity index (χ1v) is 11.7. The maximum Gasteiger partial charge on any atom is 0.296 e. The standard InChI is InChI=1S/C19H16N4O8S2/c1-31-18-10-13(5-9-17(18)24)22-23-16-8-4-14(11-19(16)33(28,29)30)21-20-12-2-6-15(7-3-12)32(25,26)27/h2-11,24H,1H3,(H,25,26,27)(H,28,29,30). The van der Waals surface area contributed by atoms with Gasteiger partial charge in [-0.05, 0) is 54.6 Å². The number of nitrogens with zero attached hydrogens (tertiary/aromatic N) is 4. The minimum Gasteiger partial charge on any atom is -0.504 e. The summed E-state index contributed by atoms with van der Waals surface area (Å²) < 4.78 is 69.3. The SMILES string of the molecule is COc1cc(N=Nc2ccc(N=Nc3ccc(S(=O)(=O)O)cc3)cc2S(=O)(=O)O)ccc1O. The van der Waals surface area contributed by atoms with Gasteiger partial charge in [0.15, 0.2) is 11.5 Å². The molecule has 0 unspecified atom stereocenters. The summed E-state index contributed by atoms with van der Waals surface area (Å²) in [5, 5.41) is 25.0. The highest BCUT2D eigenvalue weighted by atomic mass is 32.2. The second kappa shape index (κ2) is 9.41. The highest BCUT2D eigenvalue weighted by Crippen LogP contribution is 2.33. The highest BCUT2D eigenvalue weighted by Gasteiger charge is 2.17. The van der Waals surface area contributed by atoms with Gasteiger partial charge < -0.3 is 9.84 Å². The Labute approximate surface area is 188 Å². The number of methoxy groups -OCH3 is 1. The van der Waals surface area contributed by atoms with E-state index >= 15 is 0 Å². The molecule has 3 N–H and O–H groups in total. The number of phenolic OH excluding ortho intramolecular Hbond substituents is 1. The number of azo groups is 2. The van der Waals surface area contributed by atoms with Crippen LogP contribution in [0.1, 0.15) is 0 Å². The predicted molar refractivity (Wildman–Crippen MR) is 116 cm³/mol. The van der Waals surface area contributed by atoms with Crippen LogP contribution in [0.2, 0.25) is 0 Å². The molecule has 0 spiro atoms. The van der Waals surface area contributed by atoms with Gasteiger partial charge in [0.05, 0.1) is 29.1 Å². The van der Waals surface area contributed by atoms with Gasteiger partial charge in [-0.25, -0.2) is 0 Å². The zero-order valence-electron chi connectivity index (χ0n) is 16.8. The summed E-state index contributed by atoms with van der Waals surface area (Å²) in [6, 6.07) is 12.6. The summed E-state index contributed by atoms with van der Waals surface area (Å²) in [5.74, 6) is 0.0271. The number of rotatable bonds is 7. The van der Waals surface area contributed by atoms with Crippen molar-refractivity contribution in [3.8, 4) is 11.5 Å². The van der Waals surface area contributed by atoms with Crippen molar-refractivity contribution in [1.29, 1.82) is 0 Å². The molecule has 0 aliphatic rings. The molecule has 33 heavy (non-hydrogen) atoms. The van der Waals surface area contributed by atoms with Gasteiger partial charge in [-0.15, -0.1) is 5.11 Å². The third kappa shape index (κ3) is 6.17. The van der Waals surface area contributed by atoms with E-state index < -0.39 is 25.1 Å². The summed E-state index contributed by atoms with van der Waals surface area (Å²) in [6.45, 7) is 0. The monoisotopic (exact) mass is 492 g/mol. The van der Waals surface area contributed by atoms with Crippen molar-refractivity contribution < 1.29 is 35.8 Å². The molecule has 0 fully saturated rings. The molecular weight excluding hydrogens is 476 g/mol. The fraction of sp³-hybridized carbons (Fsp3) is 0.0526. The van der Waals surface area contributed by atoms with E-state index in [1.807, 2.05) is 0 Å². The van der Waals surface area contributed by atoms with Crippen LogP contribution in [0.25, 0.3) is 0 Å². The Kier molecular flexibility index (Phi) is 6.83. The van der Waals surface area contributed by atoms with E-state index in [1.165, 1.54) is 49.6 Å².